The predicted octanol–water partition coefficient (Wildman–Crippen LogP) is 1.72. The van der Waals surface area contributed by atoms with Gasteiger partial charge in [-0.25, -0.2) is 0 Å². The first kappa shape index (κ1) is 12.9. The molecule has 0 spiro atoms. The maximum atomic E-state index is 12.5. The minimum atomic E-state index is -0.422. The zero-order chi connectivity index (χ0) is 12.3. The van der Waals surface area contributed by atoms with Crippen molar-refractivity contribution in [3.05, 3.63) is 18.0 Å². The van der Waals surface area contributed by atoms with Gasteiger partial charge in [-0.05, 0) is 33.0 Å². The summed E-state index contributed by atoms with van der Waals surface area (Å²) in [6, 6.07) is 1.78. The van der Waals surface area contributed by atoms with Gasteiger partial charge in [-0.1, -0.05) is 13.8 Å². The van der Waals surface area contributed by atoms with Gasteiger partial charge in [0, 0.05) is 13.2 Å². The lowest BCUT2D eigenvalue weighted by molar-refractivity contribution is 0.0650. The minimum absolute atomic E-state index is 0.114. The summed E-state index contributed by atoms with van der Waals surface area (Å²) < 4.78 is 1.67. The molecular formula is C12H21N3O. The topological polar surface area (TPSA) is 38.1 Å². The maximum Gasteiger partial charge on any atom is 0.203 e. The largest absolute Gasteiger partial charge is 0.297 e. The van der Waals surface area contributed by atoms with Crippen LogP contribution in [0.15, 0.2) is 12.3 Å². The minimum Gasteiger partial charge on any atom is -0.297 e. The zero-order valence-electron chi connectivity index (χ0n) is 10.8. The van der Waals surface area contributed by atoms with E-state index in [1.807, 2.05) is 39.9 Å². The van der Waals surface area contributed by atoms with Gasteiger partial charge in [0.2, 0.25) is 5.78 Å². The Morgan fingerprint density at radius 3 is 2.31 bits per heavy atom. The molecule has 0 atom stereocenters. The summed E-state index contributed by atoms with van der Waals surface area (Å²) in [7, 11) is 5.73. The van der Waals surface area contributed by atoms with Crippen LogP contribution in [0.25, 0.3) is 0 Å². The van der Waals surface area contributed by atoms with Crippen LogP contribution in [0.1, 0.15) is 37.2 Å². The highest BCUT2D eigenvalue weighted by atomic mass is 16.1. The molecule has 1 heterocycles. The number of Topliss-reactive ketones (excluding diaryl/α,β-unsaturated/α-hetero) is 1. The highest BCUT2D eigenvalue weighted by molar-refractivity contribution is 6.01. The number of aromatic nitrogens is 2. The van der Waals surface area contributed by atoms with Gasteiger partial charge in [0.15, 0.2) is 0 Å². The van der Waals surface area contributed by atoms with Crippen molar-refractivity contribution in [2.45, 2.75) is 32.2 Å². The number of rotatable bonds is 5. The van der Waals surface area contributed by atoms with Crippen LogP contribution in [0, 0.1) is 0 Å². The number of nitrogens with zero attached hydrogens (tertiary/aromatic N) is 3. The van der Waals surface area contributed by atoms with Gasteiger partial charge >= 0.3 is 0 Å². The Morgan fingerprint density at radius 2 is 2.00 bits per heavy atom. The standard InChI is InChI=1S/C12H21N3O/c1-6-12(7-2,14(3)4)11(16)10-8-9-15(5)13-10/h8-9H,6-7H2,1-5H3. The monoisotopic (exact) mass is 223 g/mol. The molecule has 1 aromatic heterocycles. The van der Waals surface area contributed by atoms with E-state index in [9.17, 15) is 4.79 Å². The lowest BCUT2D eigenvalue weighted by Crippen LogP contribution is -2.50. The summed E-state index contributed by atoms with van der Waals surface area (Å²) in [4.78, 5) is 14.5. The van der Waals surface area contributed by atoms with E-state index in [4.69, 9.17) is 0 Å². The summed E-state index contributed by atoms with van der Waals surface area (Å²) in [5, 5.41) is 4.20. The van der Waals surface area contributed by atoms with Crippen LogP contribution in [0.5, 0.6) is 0 Å². The van der Waals surface area contributed by atoms with Gasteiger partial charge in [0.05, 0.1) is 5.54 Å². The van der Waals surface area contributed by atoms with Gasteiger partial charge in [-0.15, -0.1) is 0 Å². The van der Waals surface area contributed by atoms with E-state index in [-0.39, 0.29) is 5.78 Å². The molecule has 0 aliphatic heterocycles. The molecule has 90 valence electrons. The molecule has 0 radical (unpaired) electrons. The number of carbonyl (C=O) groups excluding carboxylic acids is 1. The first-order valence-electron chi connectivity index (χ1n) is 5.69. The molecule has 0 fully saturated rings. The van der Waals surface area contributed by atoms with E-state index in [1.165, 1.54) is 0 Å². The van der Waals surface area contributed by atoms with Gasteiger partial charge in [0.1, 0.15) is 5.69 Å². The molecule has 0 aliphatic rings. The van der Waals surface area contributed by atoms with Crippen LogP contribution in [-0.4, -0.2) is 40.1 Å². The first-order chi connectivity index (χ1) is 7.47. The van der Waals surface area contributed by atoms with Crippen LogP contribution in [0.3, 0.4) is 0 Å². The van der Waals surface area contributed by atoms with E-state index >= 15 is 0 Å². The van der Waals surface area contributed by atoms with Crippen molar-refractivity contribution in [1.29, 1.82) is 0 Å². The van der Waals surface area contributed by atoms with Gasteiger partial charge < -0.3 is 0 Å². The van der Waals surface area contributed by atoms with Gasteiger partial charge in [-0.2, -0.15) is 5.10 Å². The van der Waals surface area contributed by atoms with E-state index in [1.54, 1.807) is 16.9 Å². The summed E-state index contributed by atoms with van der Waals surface area (Å²) in [6.07, 6.45) is 3.40. The van der Waals surface area contributed by atoms with Crippen molar-refractivity contribution < 1.29 is 4.79 Å². The van der Waals surface area contributed by atoms with Crippen LogP contribution in [0.4, 0.5) is 0 Å². The Hall–Kier alpha value is -1.16. The molecule has 0 saturated heterocycles. The maximum absolute atomic E-state index is 12.5. The third kappa shape index (κ3) is 2.02. The molecule has 0 bridgehead atoms. The van der Waals surface area contributed by atoms with Crippen molar-refractivity contribution >= 4 is 5.78 Å². The third-order valence-electron chi connectivity index (χ3n) is 3.39. The number of aryl methyl sites for hydroxylation is 1. The molecule has 0 aromatic carbocycles. The Kier molecular flexibility index (Phi) is 3.86. The fraction of sp³-hybridized carbons (Fsp3) is 0.667. The molecule has 0 saturated carbocycles. The first-order valence-corrected chi connectivity index (χ1v) is 5.69. The molecular weight excluding hydrogens is 202 g/mol. The number of hydrogen-bond acceptors (Lipinski definition) is 3. The van der Waals surface area contributed by atoms with E-state index in [2.05, 4.69) is 5.10 Å². The van der Waals surface area contributed by atoms with Crippen molar-refractivity contribution in [2.24, 2.45) is 7.05 Å². The van der Waals surface area contributed by atoms with E-state index in [0.717, 1.165) is 12.8 Å². The Bertz CT molecular complexity index is 364. The smallest absolute Gasteiger partial charge is 0.203 e. The van der Waals surface area contributed by atoms with Gasteiger partial charge in [0.25, 0.3) is 0 Å². The molecule has 16 heavy (non-hydrogen) atoms. The molecule has 0 aliphatic carbocycles. The highest BCUT2D eigenvalue weighted by Gasteiger charge is 2.38. The second-order valence-electron chi connectivity index (χ2n) is 4.34. The fourth-order valence-electron chi connectivity index (χ4n) is 2.18. The Balaban J connectivity index is 3.09. The lowest BCUT2D eigenvalue weighted by atomic mass is 9.85. The number of carbonyl (C=O) groups is 1. The second-order valence-corrected chi connectivity index (χ2v) is 4.34. The molecule has 0 N–H and O–H groups in total. The van der Waals surface area contributed by atoms with Crippen LogP contribution in [-0.2, 0) is 7.05 Å². The SMILES string of the molecule is CCC(CC)(C(=O)c1ccn(C)n1)N(C)C. The van der Waals surface area contributed by atoms with Crippen molar-refractivity contribution in [2.75, 3.05) is 14.1 Å². The van der Waals surface area contributed by atoms with Crippen LogP contribution >= 0.6 is 0 Å². The average molecular weight is 223 g/mol. The Labute approximate surface area is 97.2 Å². The van der Waals surface area contributed by atoms with Crippen LogP contribution in [0.2, 0.25) is 0 Å². The molecule has 0 amide bonds. The van der Waals surface area contributed by atoms with Crippen molar-refractivity contribution in [1.82, 2.24) is 14.7 Å². The lowest BCUT2D eigenvalue weighted by Gasteiger charge is -2.36. The Morgan fingerprint density at radius 1 is 1.44 bits per heavy atom. The average Bonchev–Trinajstić information content (AvgIpc) is 2.66. The highest BCUT2D eigenvalue weighted by Crippen LogP contribution is 2.25. The number of likely N-dealkylation sites (N-methyl/N-ethyl adjacent to an activating group) is 1. The summed E-state index contributed by atoms with van der Waals surface area (Å²) in [6.45, 7) is 4.09. The fourth-order valence-corrected chi connectivity index (χ4v) is 2.18. The zero-order valence-corrected chi connectivity index (χ0v) is 10.8. The number of hydrogen-bond donors (Lipinski definition) is 0. The summed E-state index contributed by atoms with van der Waals surface area (Å²) in [5.41, 5.74) is 0.133. The molecule has 0 unspecified atom stereocenters. The van der Waals surface area contributed by atoms with Crippen LogP contribution < -0.4 is 0 Å². The second kappa shape index (κ2) is 4.78. The summed E-state index contributed by atoms with van der Waals surface area (Å²) >= 11 is 0. The van der Waals surface area contributed by atoms with Gasteiger partial charge in [-0.3, -0.25) is 14.4 Å². The van der Waals surface area contributed by atoms with Crippen molar-refractivity contribution in [3.63, 3.8) is 0 Å². The molecule has 1 rings (SSSR count). The molecule has 1 aromatic rings. The molecule has 4 nitrogen and oxygen atoms in total. The predicted molar refractivity (Wildman–Crippen MR) is 64.5 cm³/mol. The normalized spacial score (nSPS) is 12.1. The molecule has 4 heteroatoms. The summed E-state index contributed by atoms with van der Waals surface area (Å²) in [5.74, 6) is 0.114. The quantitative estimate of drug-likeness (QED) is 0.713. The van der Waals surface area contributed by atoms with E-state index in [0.29, 0.717) is 5.69 Å². The third-order valence-corrected chi connectivity index (χ3v) is 3.39. The number of ketones is 1. The van der Waals surface area contributed by atoms with E-state index < -0.39 is 5.54 Å². The van der Waals surface area contributed by atoms with Crippen molar-refractivity contribution in [3.8, 4) is 0 Å².